The van der Waals surface area contributed by atoms with Gasteiger partial charge in [-0.1, -0.05) is 24.6 Å². The van der Waals surface area contributed by atoms with Crippen LogP contribution in [0.4, 0.5) is 0 Å². The van der Waals surface area contributed by atoms with Gasteiger partial charge in [-0.05, 0) is 37.3 Å². The van der Waals surface area contributed by atoms with E-state index in [1.54, 1.807) is 15.6 Å². The first-order valence-corrected chi connectivity index (χ1v) is 10.1. The predicted octanol–water partition coefficient (Wildman–Crippen LogP) is 1.68. The lowest BCUT2D eigenvalue weighted by atomic mass is 9.64. The third-order valence-corrected chi connectivity index (χ3v) is 6.28. The maximum atomic E-state index is 12.9. The SMILES string of the molecule is O=C(NCc1ccccc1-n1cncn1)c1nc2n(c(=O)c1O)CCCC21CCC1. The lowest BCUT2D eigenvalue weighted by molar-refractivity contribution is 0.0938. The van der Waals surface area contributed by atoms with Crippen molar-refractivity contribution < 1.29 is 9.90 Å². The molecule has 1 amide bonds. The van der Waals surface area contributed by atoms with Crippen molar-refractivity contribution in [2.75, 3.05) is 0 Å². The molecule has 2 aliphatic rings. The van der Waals surface area contributed by atoms with E-state index in [0.717, 1.165) is 43.4 Å². The van der Waals surface area contributed by atoms with E-state index in [0.29, 0.717) is 12.4 Å². The highest BCUT2D eigenvalue weighted by molar-refractivity contribution is 5.94. The first-order valence-electron chi connectivity index (χ1n) is 10.1. The Morgan fingerprint density at radius 1 is 1.20 bits per heavy atom. The van der Waals surface area contributed by atoms with Crippen LogP contribution in [0, 0.1) is 0 Å². The van der Waals surface area contributed by atoms with Crippen LogP contribution < -0.4 is 10.9 Å². The smallest absolute Gasteiger partial charge is 0.296 e. The van der Waals surface area contributed by atoms with Gasteiger partial charge in [0.1, 0.15) is 18.5 Å². The Morgan fingerprint density at radius 3 is 2.73 bits per heavy atom. The van der Waals surface area contributed by atoms with Gasteiger partial charge in [-0.15, -0.1) is 0 Å². The van der Waals surface area contributed by atoms with Crippen molar-refractivity contribution in [2.45, 2.75) is 50.6 Å². The van der Waals surface area contributed by atoms with E-state index in [1.807, 2.05) is 24.3 Å². The second-order valence-electron chi connectivity index (χ2n) is 7.98. The molecular weight excluding hydrogens is 384 g/mol. The van der Waals surface area contributed by atoms with Crippen LogP contribution in [0.2, 0.25) is 0 Å². The molecule has 1 fully saturated rings. The van der Waals surface area contributed by atoms with Gasteiger partial charge in [0, 0.05) is 18.5 Å². The number of aromatic nitrogens is 5. The Bertz CT molecular complexity index is 1160. The fourth-order valence-corrected chi connectivity index (χ4v) is 4.56. The Morgan fingerprint density at radius 2 is 2.00 bits per heavy atom. The van der Waals surface area contributed by atoms with Crippen LogP contribution in [0.15, 0.2) is 41.7 Å². The van der Waals surface area contributed by atoms with Gasteiger partial charge in [0.25, 0.3) is 11.5 Å². The number of nitrogens with one attached hydrogen (secondary N) is 1. The molecule has 154 valence electrons. The van der Waals surface area contributed by atoms with Gasteiger partial charge in [0.2, 0.25) is 5.75 Å². The van der Waals surface area contributed by atoms with Gasteiger partial charge in [0.15, 0.2) is 5.69 Å². The number of amides is 1. The average Bonchev–Trinajstić information content (AvgIpc) is 3.28. The van der Waals surface area contributed by atoms with Crippen molar-refractivity contribution in [3.63, 3.8) is 0 Å². The number of nitrogens with zero attached hydrogens (tertiary/aromatic N) is 5. The molecule has 2 aromatic heterocycles. The van der Waals surface area contributed by atoms with Gasteiger partial charge in [-0.2, -0.15) is 5.10 Å². The number of rotatable bonds is 4. The molecule has 0 bridgehead atoms. The van der Waals surface area contributed by atoms with Crippen molar-refractivity contribution in [1.29, 1.82) is 0 Å². The first kappa shape index (κ1) is 18.5. The normalized spacial score (nSPS) is 16.7. The summed E-state index contributed by atoms with van der Waals surface area (Å²) in [5, 5.41) is 17.3. The van der Waals surface area contributed by atoms with Crippen LogP contribution in [-0.2, 0) is 18.5 Å². The van der Waals surface area contributed by atoms with Crippen LogP contribution in [0.25, 0.3) is 5.69 Å². The molecule has 1 aliphatic carbocycles. The highest BCUT2D eigenvalue weighted by Crippen LogP contribution is 2.48. The van der Waals surface area contributed by atoms with E-state index in [-0.39, 0.29) is 17.7 Å². The number of fused-ring (bicyclic) bond motifs is 2. The molecule has 30 heavy (non-hydrogen) atoms. The van der Waals surface area contributed by atoms with Gasteiger partial charge < -0.3 is 10.4 Å². The van der Waals surface area contributed by atoms with Gasteiger partial charge in [-0.25, -0.2) is 14.6 Å². The van der Waals surface area contributed by atoms with E-state index in [2.05, 4.69) is 20.4 Å². The van der Waals surface area contributed by atoms with Crippen molar-refractivity contribution >= 4 is 5.91 Å². The molecule has 9 nitrogen and oxygen atoms in total. The quantitative estimate of drug-likeness (QED) is 0.681. The summed E-state index contributed by atoms with van der Waals surface area (Å²) < 4.78 is 3.16. The third kappa shape index (κ3) is 2.89. The zero-order valence-corrected chi connectivity index (χ0v) is 16.4. The summed E-state index contributed by atoms with van der Waals surface area (Å²) in [4.78, 5) is 34.1. The number of para-hydroxylation sites is 1. The molecule has 0 radical (unpaired) electrons. The zero-order chi connectivity index (χ0) is 20.7. The van der Waals surface area contributed by atoms with Crippen LogP contribution in [-0.4, -0.2) is 35.3 Å². The molecule has 0 atom stereocenters. The maximum Gasteiger partial charge on any atom is 0.296 e. The minimum atomic E-state index is -0.586. The minimum absolute atomic E-state index is 0.125. The fraction of sp³-hybridized carbons (Fsp3) is 0.381. The third-order valence-electron chi connectivity index (χ3n) is 6.28. The number of carbonyl (C=O) groups excluding carboxylic acids is 1. The van der Waals surface area contributed by atoms with Gasteiger partial charge in [0.05, 0.1) is 5.69 Å². The van der Waals surface area contributed by atoms with Crippen LogP contribution in [0.1, 0.15) is 54.0 Å². The van der Waals surface area contributed by atoms with E-state index in [9.17, 15) is 14.7 Å². The van der Waals surface area contributed by atoms with Crippen LogP contribution in [0.3, 0.4) is 0 Å². The maximum absolute atomic E-state index is 12.9. The number of benzene rings is 1. The minimum Gasteiger partial charge on any atom is -0.501 e. The highest BCUT2D eigenvalue weighted by atomic mass is 16.3. The standard InChI is InChI=1S/C21H22N6O3/c28-17-16(25-20-21(7-3-8-21)9-4-10-26(20)19(17)30)18(29)23-11-14-5-1-2-6-15(14)27-13-22-12-24-27/h1-2,5-6,12-13,28H,3-4,7-11H2,(H,23,29). The molecule has 2 N–H and O–H groups in total. The van der Waals surface area contributed by atoms with E-state index < -0.39 is 17.2 Å². The Kier molecular flexibility index (Phi) is 4.38. The summed E-state index contributed by atoms with van der Waals surface area (Å²) in [7, 11) is 0. The van der Waals surface area contributed by atoms with Crippen molar-refractivity contribution in [3.8, 4) is 11.4 Å². The molecule has 9 heteroatoms. The number of hydrogen-bond donors (Lipinski definition) is 2. The monoisotopic (exact) mass is 406 g/mol. The lowest BCUT2D eigenvalue weighted by Crippen LogP contribution is -2.45. The lowest BCUT2D eigenvalue weighted by Gasteiger charge is -2.45. The molecular formula is C21H22N6O3. The second kappa shape index (κ2) is 7.08. The number of aromatic hydroxyl groups is 1. The zero-order valence-electron chi connectivity index (χ0n) is 16.4. The molecule has 1 aliphatic heterocycles. The first-order chi connectivity index (χ1) is 14.6. The van der Waals surface area contributed by atoms with Crippen LogP contribution >= 0.6 is 0 Å². The Hall–Kier alpha value is -3.49. The molecule has 3 heterocycles. The predicted molar refractivity (Wildman–Crippen MR) is 107 cm³/mol. The number of carbonyl (C=O) groups is 1. The highest BCUT2D eigenvalue weighted by Gasteiger charge is 2.45. The molecule has 1 aromatic carbocycles. The molecule has 5 rings (SSSR count). The average molecular weight is 406 g/mol. The molecule has 0 saturated heterocycles. The molecule has 1 spiro atoms. The summed E-state index contributed by atoms with van der Waals surface area (Å²) in [5.41, 5.74) is 0.754. The number of hydrogen-bond acceptors (Lipinski definition) is 6. The van der Waals surface area contributed by atoms with E-state index >= 15 is 0 Å². The Labute approximate surface area is 172 Å². The largest absolute Gasteiger partial charge is 0.501 e. The molecule has 3 aromatic rings. The van der Waals surface area contributed by atoms with Crippen molar-refractivity contribution in [1.82, 2.24) is 29.6 Å². The summed E-state index contributed by atoms with van der Waals surface area (Å²) in [5.74, 6) is -0.505. The van der Waals surface area contributed by atoms with Crippen LogP contribution in [0.5, 0.6) is 5.75 Å². The summed E-state index contributed by atoms with van der Waals surface area (Å²) in [6.07, 6.45) is 7.91. The van der Waals surface area contributed by atoms with E-state index in [1.165, 1.54) is 6.33 Å². The second-order valence-corrected chi connectivity index (χ2v) is 7.98. The molecule has 1 saturated carbocycles. The van der Waals surface area contributed by atoms with Crippen molar-refractivity contribution in [3.05, 3.63) is 64.4 Å². The Balaban J connectivity index is 1.44. The van der Waals surface area contributed by atoms with E-state index in [4.69, 9.17) is 0 Å². The topological polar surface area (TPSA) is 115 Å². The summed E-state index contributed by atoms with van der Waals surface area (Å²) >= 11 is 0. The van der Waals surface area contributed by atoms with Crippen molar-refractivity contribution in [2.24, 2.45) is 0 Å². The summed E-state index contributed by atoms with van der Waals surface area (Å²) in [6.45, 7) is 0.725. The van der Waals surface area contributed by atoms with Gasteiger partial charge in [-0.3, -0.25) is 14.2 Å². The fourth-order valence-electron chi connectivity index (χ4n) is 4.56. The summed E-state index contributed by atoms with van der Waals surface area (Å²) in [6, 6.07) is 7.48. The molecule has 0 unspecified atom stereocenters. The van der Waals surface area contributed by atoms with Gasteiger partial charge >= 0.3 is 0 Å².